The van der Waals surface area contributed by atoms with Crippen LogP contribution in [0.4, 0.5) is 8.78 Å². The Morgan fingerprint density at radius 2 is 1.42 bits per heavy atom. The Balaban J connectivity index is 2.27. The second-order valence-electron chi connectivity index (χ2n) is 4.28. The van der Waals surface area contributed by atoms with Gasteiger partial charge in [-0.2, -0.15) is 0 Å². The zero-order valence-electron chi connectivity index (χ0n) is 10.2. The predicted octanol–water partition coefficient (Wildman–Crippen LogP) is 3.88. The van der Waals surface area contributed by atoms with Crippen molar-refractivity contribution in [3.8, 4) is 11.3 Å². The maximum Gasteiger partial charge on any atom is 0.161 e. The largest absolute Gasteiger partial charge is 0.249 e. The molecular formula is C15H10F2N2. The lowest BCUT2D eigenvalue weighted by Crippen LogP contribution is -1.96. The van der Waals surface area contributed by atoms with Gasteiger partial charge in [-0.1, -0.05) is 30.3 Å². The van der Waals surface area contributed by atoms with Gasteiger partial charge >= 0.3 is 0 Å². The first-order valence-electron chi connectivity index (χ1n) is 5.84. The molecule has 0 amide bonds. The number of nitrogens with zero attached hydrogens (tertiary/aromatic N) is 2. The van der Waals surface area contributed by atoms with Gasteiger partial charge in [0.25, 0.3) is 0 Å². The summed E-state index contributed by atoms with van der Waals surface area (Å²) in [5.74, 6) is -1.82. The molecule has 2 aromatic carbocycles. The molecule has 0 bridgehead atoms. The normalized spacial score (nSPS) is 10.9. The molecule has 0 saturated heterocycles. The van der Waals surface area contributed by atoms with Crippen molar-refractivity contribution in [1.82, 2.24) is 9.97 Å². The molecule has 1 heterocycles. The number of hydrogen-bond acceptors (Lipinski definition) is 2. The van der Waals surface area contributed by atoms with E-state index in [0.29, 0.717) is 22.4 Å². The fraction of sp³-hybridized carbons (Fsp3) is 0.0667. The number of benzene rings is 2. The van der Waals surface area contributed by atoms with Crippen molar-refractivity contribution in [1.29, 1.82) is 0 Å². The number of rotatable bonds is 1. The van der Waals surface area contributed by atoms with Gasteiger partial charge in [0, 0.05) is 17.7 Å². The lowest BCUT2D eigenvalue weighted by Gasteiger charge is -2.07. The van der Waals surface area contributed by atoms with Crippen molar-refractivity contribution in [2.75, 3.05) is 0 Å². The molecule has 0 unspecified atom stereocenters. The van der Waals surface area contributed by atoms with Crippen LogP contribution in [0.2, 0.25) is 0 Å². The van der Waals surface area contributed by atoms with Crippen LogP contribution < -0.4 is 0 Å². The van der Waals surface area contributed by atoms with Gasteiger partial charge in [-0.3, -0.25) is 0 Å². The standard InChI is InChI=1S/C15H10F2N2/c1-9-15(10-5-3-2-4-6-10)19-14-8-12(17)11(16)7-13(14)18-9/h2-8H,1H3. The van der Waals surface area contributed by atoms with Crippen molar-refractivity contribution in [2.24, 2.45) is 0 Å². The quantitative estimate of drug-likeness (QED) is 0.660. The van der Waals surface area contributed by atoms with Gasteiger partial charge in [0.2, 0.25) is 0 Å². The summed E-state index contributed by atoms with van der Waals surface area (Å²) in [5.41, 5.74) is 2.97. The highest BCUT2D eigenvalue weighted by Gasteiger charge is 2.10. The van der Waals surface area contributed by atoms with Crippen molar-refractivity contribution in [3.05, 3.63) is 59.8 Å². The summed E-state index contributed by atoms with van der Waals surface area (Å²) in [4.78, 5) is 8.66. The summed E-state index contributed by atoms with van der Waals surface area (Å²) < 4.78 is 26.4. The van der Waals surface area contributed by atoms with Crippen LogP contribution in [-0.4, -0.2) is 9.97 Å². The smallest absolute Gasteiger partial charge is 0.161 e. The van der Waals surface area contributed by atoms with Crippen LogP contribution in [-0.2, 0) is 0 Å². The van der Waals surface area contributed by atoms with Crippen LogP contribution in [0.1, 0.15) is 5.69 Å². The second-order valence-corrected chi connectivity index (χ2v) is 4.28. The number of aryl methyl sites for hydroxylation is 1. The van der Waals surface area contributed by atoms with E-state index in [0.717, 1.165) is 17.7 Å². The molecule has 0 aliphatic rings. The molecule has 2 nitrogen and oxygen atoms in total. The molecule has 0 atom stereocenters. The minimum Gasteiger partial charge on any atom is -0.249 e. The Kier molecular flexibility index (Phi) is 2.71. The molecular weight excluding hydrogens is 246 g/mol. The summed E-state index contributed by atoms with van der Waals surface area (Å²) in [5, 5.41) is 0. The van der Waals surface area contributed by atoms with Gasteiger partial charge in [-0.15, -0.1) is 0 Å². The molecule has 19 heavy (non-hydrogen) atoms. The van der Waals surface area contributed by atoms with Crippen LogP contribution in [0, 0.1) is 18.6 Å². The molecule has 3 aromatic rings. The highest BCUT2D eigenvalue weighted by molar-refractivity contribution is 5.78. The SMILES string of the molecule is Cc1nc2cc(F)c(F)cc2nc1-c1ccccc1. The molecule has 3 rings (SSSR count). The van der Waals surface area contributed by atoms with Crippen molar-refractivity contribution >= 4 is 11.0 Å². The molecule has 4 heteroatoms. The van der Waals surface area contributed by atoms with Crippen LogP contribution in [0.3, 0.4) is 0 Å². The average Bonchev–Trinajstić information content (AvgIpc) is 2.41. The molecule has 1 aromatic heterocycles. The molecule has 94 valence electrons. The first-order valence-corrected chi connectivity index (χ1v) is 5.84. The van der Waals surface area contributed by atoms with E-state index >= 15 is 0 Å². The van der Waals surface area contributed by atoms with Crippen molar-refractivity contribution in [3.63, 3.8) is 0 Å². The Labute approximate surface area is 108 Å². The third-order valence-corrected chi connectivity index (χ3v) is 2.93. The summed E-state index contributed by atoms with van der Waals surface area (Å²) in [7, 11) is 0. The summed E-state index contributed by atoms with van der Waals surface area (Å²) in [6.45, 7) is 1.80. The third-order valence-electron chi connectivity index (χ3n) is 2.93. The van der Waals surface area contributed by atoms with Crippen molar-refractivity contribution in [2.45, 2.75) is 6.92 Å². The average molecular weight is 256 g/mol. The monoisotopic (exact) mass is 256 g/mol. The Morgan fingerprint density at radius 3 is 2.05 bits per heavy atom. The lowest BCUT2D eigenvalue weighted by atomic mass is 10.1. The predicted molar refractivity (Wildman–Crippen MR) is 69.6 cm³/mol. The Morgan fingerprint density at radius 1 is 0.842 bits per heavy atom. The third kappa shape index (κ3) is 2.05. The van der Waals surface area contributed by atoms with Gasteiger partial charge in [0.05, 0.1) is 22.4 Å². The van der Waals surface area contributed by atoms with Crippen LogP contribution in [0.25, 0.3) is 22.3 Å². The number of halogens is 2. The second kappa shape index (κ2) is 4.39. The zero-order valence-corrected chi connectivity index (χ0v) is 10.2. The molecule has 0 radical (unpaired) electrons. The van der Waals surface area contributed by atoms with E-state index in [1.165, 1.54) is 0 Å². The fourth-order valence-electron chi connectivity index (χ4n) is 2.01. The van der Waals surface area contributed by atoms with E-state index in [4.69, 9.17) is 0 Å². The first-order chi connectivity index (χ1) is 9.15. The summed E-state index contributed by atoms with van der Waals surface area (Å²) in [6.07, 6.45) is 0. The Bertz CT molecular complexity index is 755. The van der Waals surface area contributed by atoms with E-state index in [1.54, 1.807) is 6.92 Å². The van der Waals surface area contributed by atoms with E-state index in [-0.39, 0.29) is 0 Å². The highest BCUT2D eigenvalue weighted by Crippen LogP contribution is 2.23. The number of fused-ring (bicyclic) bond motifs is 1. The van der Waals surface area contributed by atoms with Crippen molar-refractivity contribution < 1.29 is 8.78 Å². The number of aromatic nitrogens is 2. The Hall–Kier alpha value is -2.36. The van der Waals surface area contributed by atoms with Gasteiger partial charge in [0.1, 0.15) is 0 Å². The molecule has 0 aliphatic carbocycles. The first kappa shape index (κ1) is 11.7. The maximum absolute atomic E-state index is 13.2. The van der Waals surface area contributed by atoms with E-state index < -0.39 is 11.6 Å². The molecule has 0 spiro atoms. The molecule has 0 fully saturated rings. The van der Waals surface area contributed by atoms with Gasteiger partial charge in [0.15, 0.2) is 11.6 Å². The summed E-state index contributed by atoms with van der Waals surface area (Å²) in [6, 6.07) is 11.6. The van der Waals surface area contributed by atoms with Gasteiger partial charge < -0.3 is 0 Å². The van der Waals surface area contributed by atoms with Crippen LogP contribution >= 0.6 is 0 Å². The summed E-state index contributed by atoms with van der Waals surface area (Å²) >= 11 is 0. The van der Waals surface area contributed by atoms with Gasteiger partial charge in [-0.25, -0.2) is 18.7 Å². The minimum atomic E-state index is -0.912. The van der Waals surface area contributed by atoms with Gasteiger partial charge in [-0.05, 0) is 6.92 Å². The van der Waals surface area contributed by atoms with E-state index in [2.05, 4.69) is 9.97 Å². The fourth-order valence-corrected chi connectivity index (χ4v) is 2.01. The minimum absolute atomic E-state index is 0.350. The zero-order chi connectivity index (χ0) is 13.4. The maximum atomic E-state index is 13.2. The van der Waals surface area contributed by atoms with Crippen LogP contribution in [0.15, 0.2) is 42.5 Å². The molecule has 0 N–H and O–H groups in total. The van der Waals surface area contributed by atoms with E-state index in [1.807, 2.05) is 30.3 Å². The van der Waals surface area contributed by atoms with E-state index in [9.17, 15) is 8.78 Å². The van der Waals surface area contributed by atoms with Crippen LogP contribution in [0.5, 0.6) is 0 Å². The lowest BCUT2D eigenvalue weighted by molar-refractivity contribution is 0.510. The highest BCUT2D eigenvalue weighted by atomic mass is 19.2. The number of hydrogen-bond donors (Lipinski definition) is 0. The molecule has 0 aliphatic heterocycles. The molecule has 0 saturated carbocycles. The topological polar surface area (TPSA) is 25.8 Å².